The number of carbonyl (C=O) groups excluding carboxylic acids is 1. The van der Waals surface area contributed by atoms with Crippen molar-refractivity contribution in [3.8, 4) is 11.8 Å². The maximum absolute atomic E-state index is 11.1. The maximum atomic E-state index is 11.1. The second-order valence-corrected chi connectivity index (χ2v) is 3.88. The Morgan fingerprint density at radius 3 is 2.53 bits per heavy atom. The Bertz CT molecular complexity index is 597. The second-order valence-electron chi connectivity index (χ2n) is 3.88. The fraction of sp³-hybridized carbons (Fsp3) is 0.125. The van der Waals surface area contributed by atoms with Crippen LogP contribution in [0.5, 0.6) is 0 Å². The molecule has 0 fully saturated rings. The molecule has 1 aromatic heterocycles. The van der Waals surface area contributed by atoms with Gasteiger partial charge >= 0.3 is 5.97 Å². The van der Waals surface area contributed by atoms with Crippen molar-refractivity contribution >= 4 is 5.97 Å². The monoisotopic (exact) mass is 251 g/mol. The van der Waals surface area contributed by atoms with Crippen molar-refractivity contribution in [2.45, 2.75) is 13.0 Å². The third kappa shape index (κ3) is 3.97. The van der Waals surface area contributed by atoms with E-state index in [1.165, 1.54) is 6.92 Å². The summed E-state index contributed by atoms with van der Waals surface area (Å²) in [5.41, 5.74) is 1.50. The van der Waals surface area contributed by atoms with E-state index in [0.717, 1.165) is 5.56 Å². The van der Waals surface area contributed by atoms with Gasteiger partial charge in [0.1, 0.15) is 5.69 Å². The van der Waals surface area contributed by atoms with Crippen LogP contribution >= 0.6 is 0 Å². The zero-order chi connectivity index (χ0) is 13.5. The molecule has 3 nitrogen and oxygen atoms in total. The van der Waals surface area contributed by atoms with Gasteiger partial charge in [0.25, 0.3) is 0 Å². The van der Waals surface area contributed by atoms with Crippen molar-refractivity contribution < 1.29 is 9.53 Å². The molecule has 0 saturated heterocycles. The normalized spacial score (nSPS) is 11.0. The van der Waals surface area contributed by atoms with Crippen LogP contribution in [0.4, 0.5) is 0 Å². The summed E-state index contributed by atoms with van der Waals surface area (Å²) >= 11 is 0. The first-order chi connectivity index (χ1) is 9.25. The standard InChI is InChI=1S/C16H13NO2/c1-13(18)19-16(14-7-3-2-4-8-14)11-10-15-9-5-6-12-17-15/h2-9,12,16H,1H3. The van der Waals surface area contributed by atoms with Gasteiger partial charge in [0, 0.05) is 18.7 Å². The van der Waals surface area contributed by atoms with Gasteiger partial charge in [-0.3, -0.25) is 4.79 Å². The van der Waals surface area contributed by atoms with E-state index in [0.29, 0.717) is 5.69 Å². The Morgan fingerprint density at radius 2 is 1.89 bits per heavy atom. The smallest absolute Gasteiger partial charge is 0.304 e. The molecule has 2 rings (SSSR count). The van der Waals surface area contributed by atoms with E-state index in [-0.39, 0.29) is 5.97 Å². The van der Waals surface area contributed by atoms with Gasteiger partial charge in [0.15, 0.2) is 6.10 Å². The van der Waals surface area contributed by atoms with Crippen LogP contribution in [0.1, 0.15) is 24.3 Å². The fourth-order valence-corrected chi connectivity index (χ4v) is 1.55. The second kappa shape index (κ2) is 6.36. The highest BCUT2D eigenvalue weighted by Gasteiger charge is 2.10. The molecule has 2 aromatic rings. The minimum Gasteiger partial charge on any atom is -0.444 e. The molecule has 0 aliphatic heterocycles. The zero-order valence-corrected chi connectivity index (χ0v) is 10.5. The number of hydrogen-bond acceptors (Lipinski definition) is 3. The van der Waals surface area contributed by atoms with Crippen LogP contribution in [-0.2, 0) is 9.53 Å². The minimum atomic E-state index is -0.569. The fourth-order valence-electron chi connectivity index (χ4n) is 1.55. The van der Waals surface area contributed by atoms with E-state index in [1.807, 2.05) is 48.5 Å². The molecule has 0 bridgehead atoms. The molecule has 1 unspecified atom stereocenters. The number of aromatic nitrogens is 1. The summed E-state index contributed by atoms with van der Waals surface area (Å²) in [7, 11) is 0. The summed E-state index contributed by atoms with van der Waals surface area (Å²) < 4.78 is 5.22. The molecule has 0 spiro atoms. The lowest BCUT2D eigenvalue weighted by molar-refractivity contribution is -0.144. The number of pyridine rings is 1. The largest absolute Gasteiger partial charge is 0.444 e. The summed E-state index contributed by atoms with van der Waals surface area (Å²) in [4.78, 5) is 15.2. The minimum absolute atomic E-state index is 0.357. The topological polar surface area (TPSA) is 39.2 Å². The Labute approximate surface area is 112 Å². The number of esters is 1. The van der Waals surface area contributed by atoms with Crippen LogP contribution in [-0.4, -0.2) is 11.0 Å². The predicted octanol–water partition coefficient (Wildman–Crippen LogP) is 2.74. The first kappa shape index (κ1) is 12.8. The summed E-state index contributed by atoms with van der Waals surface area (Å²) in [6, 6.07) is 14.9. The van der Waals surface area contributed by atoms with Crippen molar-refractivity contribution in [3.63, 3.8) is 0 Å². The highest BCUT2D eigenvalue weighted by atomic mass is 16.5. The molecular weight excluding hydrogens is 238 g/mol. The summed E-state index contributed by atoms with van der Waals surface area (Å²) in [6.07, 6.45) is 1.11. The molecule has 0 N–H and O–H groups in total. The molecule has 0 radical (unpaired) electrons. The Balaban J connectivity index is 2.25. The van der Waals surface area contributed by atoms with E-state index in [4.69, 9.17) is 4.74 Å². The molecule has 0 saturated carbocycles. The third-order valence-electron chi connectivity index (χ3n) is 2.38. The van der Waals surface area contributed by atoms with Crippen molar-refractivity contribution in [2.24, 2.45) is 0 Å². The number of ether oxygens (including phenoxy) is 1. The van der Waals surface area contributed by atoms with E-state index >= 15 is 0 Å². The van der Waals surface area contributed by atoms with Crippen LogP contribution in [0.2, 0.25) is 0 Å². The molecule has 19 heavy (non-hydrogen) atoms. The zero-order valence-electron chi connectivity index (χ0n) is 10.5. The lowest BCUT2D eigenvalue weighted by atomic mass is 10.1. The molecule has 94 valence electrons. The highest BCUT2D eigenvalue weighted by Crippen LogP contribution is 2.16. The number of hydrogen-bond donors (Lipinski definition) is 0. The van der Waals surface area contributed by atoms with Gasteiger partial charge in [0.2, 0.25) is 0 Å². The quantitative estimate of drug-likeness (QED) is 0.608. The third-order valence-corrected chi connectivity index (χ3v) is 2.38. The summed E-state index contributed by atoms with van der Waals surface area (Å²) in [6.45, 7) is 1.37. The molecule has 0 aliphatic rings. The SMILES string of the molecule is CC(=O)OC(C#Cc1ccccn1)c1ccccc1. The van der Waals surface area contributed by atoms with Gasteiger partial charge in [-0.2, -0.15) is 0 Å². The first-order valence-electron chi connectivity index (χ1n) is 5.90. The number of benzene rings is 1. The van der Waals surface area contributed by atoms with Crippen LogP contribution in [0.3, 0.4) is 0 Å². The average molecular weight is 251 g/mol. The van der Waals surface area contributed by atoms with Crippen molar-refractivity contribution in [1.82, 2.24) is 4.98 Å². The van der Waals surface area contributed by atoms with Crippen LogP contribution < -0.4 is 0 Å². The number of nitrogens with zero attached hydrogens (tertiary/aromatic N) is 1. The van der Waals surface area contributed by atoms with Crippen molar-refractivity contribution in [1.29, 1.82) is 0 Å². The summed E-state index contributed by atoms with van der Waals surface area (Å²) in [5.74, 6) is 5.48. The molecule has 0 aliphatic carbocycles. The van der Waals surface area contributed by atoms with Crippen LogP contribution in [0.15, 0.2) is 54.7 Å². The Morgan fingerprint density at radius 1 is 1.16 bits per heavy atom. The molecule has 0 amide bonds. The van der Waals surface area contributed by atoms with E-state index in [1.54, 1.807) is 6.20 Å². The summed E-state index contributed by atoms with van der Waals surface area (Å²) in [5, 5.41) is 0. The lowest BCUT2D eigenvalue weighted by Crippen LogP contribution is -2.06. The predicted molar refractivity (Wildman–Crippen MR) is 72.1 cm³/mol. The molecular formula is C16H13NO2. The van der Waals surface area contributed by atoms with Crippen molar-refractivity contribution in [3.05, 3.63) is 66.0 Å². The molecule has 3 heteroatoms. The van der Waals surface area contributed by atoms with Crippen molar-refractivity contribution in [2.75, 3.05) is 0 Å². The Kier molecular flexibility index (Phi) is 4.30. The molecule has 1 atom stereocenters. The van der Waals surface area contributed by atoms with Gasteiger partial charge in [0.05, 0.1) is 0 Å². The number of rotatable bonds is 2. The van der Waals surface area contributed by atoms with E-state index < -0.39 is 6.10 Å². The molecule has 1 heterocycles. The van der Waals surface area contributed by atoms with Gasteiger partial charge in [-0.15, -0.1) is 0 Å². The lowest BCUT2D eigenvalue weighted by Gasteiger charge is -2.10. The van der Waals surface area contributed by atoms with E-state index in [9.17, 15) is 4.79 Å². The van der Waals surface area contributed by atoms with E-state index in [2.05, 4.69) is 16.8 Å². The van der Waals surface area contributed by atoms with Gasteiger partial charge in [-0.25, -0.2) is 4.98 Å². The average Bonchev–Trinajstić information content (AvgIpc) is 2.45. The maximum Gasteiger partial charge on any atom is 0.304 e. The van der Waals surface area contributed by atoms with Crippen LogP contribution in [0, 0.1) is 11.8 Å². The van der Waals surface area contributed by atoms with Gasteiger partial charge < -0.3 is 4.74 Å². The number of carbonyl (C=O) groups is 1. The highest BCUT2D eigenvalue weighted by molar-refractivity contribution is 5.66. The van der Waals surface area contributed by atoms with Gasteiger partial charge in [-0.05, 0) is 24.0 Å². The molecule has 1 aromatic carbocycles. The Hall–Kier alpha value is -2.60. The van der Waals surface area contributed by atoms with Gasteiger partial charge in [-0.1, -0.05) is 36.4 Å². The first-order valence-corrected chi connectivity index (χ1v) is 5.90. The van der Waals surface area contributed by atoms with Crippen LogP contribution in [0.25, 0.3) is 0 Å².